The highest BCUT2D eigenvalue weighted by atomic mass is 35.5. The molecule has 1 N–H and O–H groups in total. The number of benzene rings is 3. The number of esters is 1. The molecule has 10 heteroatoms. The number of carbonyl (C=O) groups excluding carboxylic acids is 2. The third-order valence-corrected chi connectivity index (χ3v) is 9.12. The lowest BCUT2D eigenvalue weighted by molar-refractivity contribution is -0.127. The molecule has 0 radical (unpaired) electrons. The van der Waals surface area contributed by atoms with Crippen LogP contribution < -0.4 is 5.32 Å². The molecule has 0 bridgehead atoms. The van der Waals surface area contributed by atoms with Gasteiger partial charge in [0.05, 0.1) is 29.3 Å². The lowest BCUT2D eigenvalue weighted by atomic mass is 9.73. The summed E-state index contributed by atoms with van der Waals surface area (Å²) >= 11 is 12.6. The molecule has 1 aromatic heterocycles. The summed E-state index contributed by atoms with van der Waals surface area (Å²) in [6, 6.07) is 15.1. The highest BCUT2D eigenvalue weighted by Crippen LogP contribution is 2.63. The first-order valence-corrected chi connectivity index (χ1v) is 13.5. The Hall–Kier alpha value is -3.46. The zero-order chi connectivity index (χ0) is 27.2. The number of nitrogens with one attached hydrogen (secondary N) is 1. The van der Waals surface area contributed by atoms with Gasteiger partial charge >= 0.3 is 5.97 Å². The lowest BCUT2D eigenvalue weighted by Crippen LogP contribution is -2.52. The minimum atomic E-state index is -1.21. The van der Waals surface area contributed by atoms with Crippen LogP contribution in [0.2, 0.25) is 10.0 Å². The maximum Gasteiger partial charge on any atom is 0.337 e. The van der Waals surface area contributed by atoms with Gasteiger partial charge in [-0.2, -0.15) is 5.10 Å². The van der Waals surface area contributed by atoms with E-state index in [-0.39, 0.29) is 23.0 Å². The van der Waals surface area contributed by atoms with E-state index in [1.807, 2.05) is 23.7 Å². The van der Waals surface area contributed by atoms with Gasteiger partial charge < -0.3 is 10.1 Å². The van der Waals surface area contributed by atoms with E-state index in [2.05, 4.69) is 10.2 Å². The summed E-state index contributed by atoms with van der Waals surface area (Å²) in [5.74, 6) is -1.88. The number of hydrogen-bond acceptors (Lipinski definition) is 5. The van der Waals surface area contributed by atoms with Crippen molar-refractivity contribution in [2.45, 2.75) is 36.9 Å². The largest absolute Gasteiger partial charge is 0.465 e. The summed E-state index contributed by atoms with van der Waals surface area (Å²) in [6.45, 7) is 2.56. The summed E-state index contributed by atoms with van der Waals surface area (Å²) < 4.78 is 22.7. The molecule has 4 heterocycles. The van der Waals surface area contributed by atoms with E-state index in [0.29, 0.717) is 40.3 Å². The highest BCUT2D eigenvalue weighted by Gasteiger charge is 2.69. The third kappa shape index (κ3) is 3.10. The van der Waals surface area contributed by atoms with E-state index < -0.39 is 23.2 Å². The van der Waals surface area contributed by atoms with Crippen molar-refractivity contribution in [3.63, 3.8) is 0 Å². The van der Waals surface area contributed by atoms with Crippen molar-refractivity contribution in [1.29, 1.82) is 0 Å². The molecule has 0 aliphatic carbocycles. The topological polar surface area (TPSA) is 76.5 Å². The summed E-state index contributed by atoms with van der Waals surface area (Å²) in [4.78, 5) is 28.5. The summed E-state index contributed by atoms with van der Waals surface area (Å²) in [7, 11) is 1.34. The van der Waals surface area contributed by atoms with E-state index in [0.717, 1.165) is 16.6 Å². The number of halogens is 3. The Bertz CT molecular complexity index is 1720. The summed E-state index contributed by atoms with van der Waals surface area (Å²) in [6.07, 6.45) is 0.600. The maximum absolute atomic E-state index is 15.9. The maximum atomic E-state index is 15.9. The van der Waals surface area contributed by atoms with Crippen LogP contribution in [-0.4, -0.2) is 46.3 Å². The first kappa shape index (κ1) is 24.6. The standard InChI is InChI=1S/C29H23Cl2FN4O3/c1-3-35-23-13-22-16-9-7-14(27(37)39-2)11-20(16)34-36(22)26(23)24(17-5-4-6-19(31)25(17)32)29(35)18-10-8-15(30)12-21(18)33-28(29)38/h4-12,23-24,26H,3,13H2,1-2H3,(H,33,38)/t23?,24-,26+,29?/m0/s1. The van der Waals surface area contributed by atoms with Crippen LogP contribution in [0.5, 0.6) is 0 Å². The molecule has 3 aliphatic rings. The molecule has 1 spiro atoms. The fourth-order valence-electron chi connectivity index (χ4n) is 7.22. The Morgan fingerprint density at radius 3 is 2.79 bits per heavy atom. The van der Waals surface area contributed by atoms with Crippen LogP contribution in [-0.2, 0) is 21.5 Å². The normalized spacial score (nSPS) is 25.2. The molecule has 4 atom stereocenters. The van der Waals surface area contributed by atoms with Crippen molar-refractivity contribution in [3.8, 4) is 0 Å². The predicted molar refractivity (Wildman–Crippen MR) is 146 cm³/mol. The summed E-state index contributed by atoms with van der Waals surface area (Å²) in [5.41, 5.74) is 2.54. The van der Waals surface area contributed by atoms with Gasteiger partial charge in [-0.05, 0) is 42.4 Å². The number of hydrogen-bond donors (Lipinski definition) is 1. The Balaban J connectivity index is 1.51. The minimum Gasteiger partial charge on any atom is -0.465 e. The molecule has 7 rings (SSSR count). The Labute approximate surface area is 233 Å². The van der Waals surface area contributed by atoms with Crippen LogP contribution in [0.4, 0.5) is 10.1 Å². The van der Waals surface area contributed by atoms with Gasteiger partial charge in [0, 0.05) is 45.7 Å². The Morgan fingerprint density at radius 2 is 2.03 bits per heavy atom. The zero-order valence-corrected chi connectivity index (χ0v) is 22.6. The van der Waals surface area contributed by atoms with Gasteiger partial charge in [-0.15, -0.1) is 0 Å². The van der Waals surface area contributed by atoms with Gasteiger partial charge in [0.25, 0.3) is 0 Å². The van der Waals surface area contributed by atoms with Crippen molar-refractivity contribution in [3.05, 3.63) is 92.8 Å². The monoisotopic (exact) mass is 564 g/mol. The molecule has 39 heavy (non-hydrogen) atoms. The van der Waals surface area contributed by atoms with Crippen molar-refractivity contribution in [2.24, 2.45) is 0 Å². The van der Waals surface area contributed by atoms with Crippen molar-refractivity contribution in [1.82, 2.24) is 14.7 Å². The van der Waals surface area contributed by atoms with Gasteiger partial charge in [-0.25, -0.2) is 9.18 Å². The van der Waals surface area contributed by atoms with E-state index in [1.54, 1.807) is 36.4 Å². The van der Waals surface area contributed by atoms with Crippen molar-refractivity contribution < 1.29 is 18.7 Å². The third-order valence-electron chi connectivity index (χ3n) is 8.59. The number of nitrogens with zero attached hydrogens (tertiary/aromatic N) is 3. The molecular weight excluding hydrogens is 542 g/mol. The number of fused-ring (bicyclic) bond motifs is 7. The number of ether oxygens (including phenoxy) is 1. The first-order valence-electron chi connectivity index (χ1n) is 12.7. The van der Waals surface area contributed by atoms with Gasteiger partial charge in [-0.1, -0.05) is 54.4 Å². The van der Waals surface area contributed by atoms with E-state index in [1.165, 1.54) is 13.2 Å². The second-order valence-corrected chi connectivity index (χ2v) is 11.0. The number of anilines is 1. The molecule has 7 nitrogen and oxygen atoms in total. The molecule has 1 fully saturated rings. The van der Waals surface area contributed by atoms with Crippen LogP contribution >= 0.6 is 23.2 Å². The molecular formula is C29H23Cl2FN4O3. The fraction of sp³-hybridized carbons (Fsp3) is 0.276. The fourth-order valence-corrected chi connectivity index (χ4v) is 7.57. The van der Waals surface area contributed by atoms with E-state index in [4.69, 9.17) is 33.0 Å². The van der Waals surface area contributed by atoms with Gasteiger partial charge in [0.1, 0.15) is 11.4 Å². The number of likely N-dealkylation sites (N-methyl/N-ethyl adjacent to an activating group) is 1. The predicted octanol–water partition coefficient (Wildman–Crippen LogP) is 5.70. The highest BCUT2D eigenvalue weighted by molar-refractivity contribution is 6.31. The van der Waals surface area contributed by atoms with Crippen molar-refractivity contribution in [2.75, 3.05) is 19.0 Å². The second kappa shape index (κ2) is 8.52. The molecule has 1 amide bonds. The smallest absolute Gasteiger partial charge is 0.337 e. The number of carbonyl (C=O) groups is 2. The number of rotatable bonds is 3. The molecule has 3 aliphatic heterocycles. The van der Waals surface area contributed by atoms with Crippen LogP contribution in [0.1, 0.15) is 46.1 Å². The lowest BCUT2D eigenvalue weighted by Gasteiger charge is -2.39. The Kier molecular flexibility index (Phi) is 5.37. The average molecular weight is 565 g/mol. The SMILES string of the molecule is CCN1C2Cc3c4ccc(C(=O)OC)cc4nn3[C@H]2[C@H](c2cccc(Cl)c2F)C12C(=O)Nc1cc(Cl)ccc12. The molecule has 2 unspecified atom stereocenters. The molecule has 3 aromatic carbocycles. The van der Waals surface area contributed by atoms with Crippen molar-refractivity contribution >= 4 is 51.7 Å². The first-order chi connectivity index (χ1) is 18.8. The van der Waals surface area contributed by atoms with Crippen LogP contribution in [0.15, 0.2) is 54.6 Å². The molecule has 1 saturated heterocycles. The quantitative estimate of drug-likeness (QED) is 0.323. The molecule has 4 aromatic rings. The van der Waals surface area contributed by atoms with Gasteiger partial charge in [0.15, 0.2) is 0 Å². The molecule has 0 saturated carbocycles. The van der Waals surface area contributed by atoms with E-state index in [9.17, 15) is 9.59 Å². The number of likely N-dealkylation sites (tertiary alicyclic amines) is 1. The van der Waals surface area contributed by atoms with E-state index >= 15 is 4.39 Å². The summed E-state index contributed by atoms with van der Waals surface area (Å²) in [5, 5.41) is 9.38. The second-order valence-electron chi connectivity index (χ2n) is 10.2. The molecule has 198 valence electrons. The Morgan fingerprint density at radius 1 is 1.21 bits per heavy atom. The number of methoxy groups -OCH3 is 1. The van der Waals surface area contributed by atoms with Crippen LogP contribution in [0, 0.1) is 5.82 Å². The average Bonchev–Trinajstić information content (AvgIpc) is 3.61. The van der Waals surface area contributed by atoms with Gasteiger partial charge in [-0.3, -0.25) is 14.4 Å². The van der Waals surface area contributed by atoms with Crippen LogP contribution in [0.3, 0.4) is 0 Å². The number of amides is 1. The van der Waals surface area contributed by atoms with Crippen LogP contribution in [0.25, 0.3) is 10.9 Å². The minimum absolute atomic E-state index is 0.00421. The van der Waals surface area contributed by atoms with Gasteiger partial charge in [0.2, 0.25) is 5.91 Å². The zero-order valence-electron chi connectivity index (χ0n) is 21.0. The number of aromatic nitrogens is 2.